The lowest BCUT2D eigenvalue weighted by molar-refractivity contribution is -0.125. The molecule has 0 saturated carbocycles. The van der Waals surface area contributed by atoms with Crippen LogP contribution in [0.25, 0.3) is 0 Å². The lowest BCUT2D eigenvalue weighted by Gasteiger charge is -2.22. The molecular weight excluding hydrogens is 324 g/mol. The minimum atomic E-state index is -0.941. The number of hydrogen-bond acceptors (Lipinski definition) is 5. The number of benzene rings is 1. The van der Waals surface area contributed by atoms with Crippen molar-refractivity contribution in [1.82, 2.24) is 10.2 Å². The molecule has 8 nitrogen and oxygen atoms in total. The maximum absolute atomic E-state index is 12.1. The van der Waals surface area contributed by atoms with Crippen molar-refractivity contribution in [2.24, 2.45) is 5.73 Å². The average Bonchev–Trinajstić information content (AvgIpc) is 2.45. The number of primary amides is 1. The highest BCUT2D eigenvalue weighted by Crippen LogP contribution is 2.27. The van der Waals surface area contributed by atoms with Gasteiger partial charge in [0.1, 0.15) is 5.75 Å². The molecule has 4 N–H and O–H groups in total. The van der Waals surface area contributed by atoms with E-state index < -0.39 is 18.0 Å². The monoisotopic (exact) mass is 342 g/mol. The Bertz CT molecular complexity index is 608. The molecule has 0 aliphatic rings. The van der Waals surface area contributed by atoms with Crippen molar-refractivity contribution in [3.63, 3.8) is 0 Å². The Kier molecular flexibility index (Phi) is 6.80. The minimum Gasteiger partial charge on any atom is -0.495 e. The van der Waals surface area contributed by atoms with Gasteiger partial charge >= 0.3 is 6.03 Å². The molecule has 23 heavy (non-hydrogen) atoms. The number of ether oxygens (including phenoxy) is 1. The molecule has 0 aliphatic carbocycles. The third-order valence-electron chi connectivity index (χ3n) is 3.12. The van der Waals surface area contributed by atoms with Crippen LogP contribution in [0.3, 0.4) is 0 Å². The molecule has 0 fully saturated rings. The zero-order valence-corrected chi connectivity index (χ0v) is 13.8. The molecule has 1 rings (SSSR count). The lowest BCUT2D eigenvalue weighted by Crippen LogP contribution is -2.48. The van der Waals surface area contributed by atoms with Gasteiger partial charge in [0.2, 0.25) is 11.8 Å². The molecule has 126 valence electrons. The van der Waals surface area contributed by atoms with Crippen LogP contribution in [0.5, 0.6) is 5.75 Å². The fourth-order valence-electron chi connectivity index (χ4n) is 1.76. The molecule has 9 heteroatoms. The minimum absolute atomic E-state index is 0.0803. The van der Waals surface area contributed by atoms with Crippen LogP contribution in [-0.2, 0) is 9.59 Å². The van der Waals surface area contributed by atoms with Gasteiger partial charge in [-0.25, -0.2) is 4.79 Å². The first-order valence-corrected chi connectivity index (χ1v) is 7.06. The van der Waals surface area contributed by atoms with Crippen molar-refractivity contribution in [1.29, 1.82) is 0 Å². The number of halogens is 1. The van der Waals surface area contributed by atoms with Crippen molar-refractivity contribution in [3.8, 4) is 5.75 Å². The molecule has 0 radical (unpaired) electrons. The summed E-state index contributed by atoms with van der Waals surface area (Å²) < 4.78 is 5.13. The number of amides is 4. The molecule has 0 spiro atoms. The fraction of sp³-hybridized carbons (Fsp3) is 0.357. The number of urea groups is 1. The summed E-state index contributed by atoms with van der Waals surface area (Å²) in [4.78, 5) is 35.9. The van der Waals surface area contributed by atoms with Gasteiger partial charge in [-0.15, -0.1) is 0 Å². The van der Waals surface area contributed by atoms with E-state index in [4.69, 9.17) is 22.1 Å². The highest BCUT2D eigenvalue weighted by Gasteiger charge is 2.21. The summed E-state index contributed by atoms with van der Waals surface area (Å²) in [5.41, 5.74) is 5.31. The first-order valence-electron chi connectivity index (χ1n) is 6.68. The van der Waals surface area contributed by atoms with E-state index in [2.05, 4.69) is 5.32 Å². The van der Waals surface area contributed by atoms with Crippen LogP contribution < -0.4 is 21.1 Å². The summed E-state index contributed by atoms with van der Waals surface area (Å²) in [7, 11) is 3.04. The summed E-state index contributed by atoms with van der Waals surface area (Å²) in [5.74, 6) is -0.496. The number of imide groups is 1. The number of nitrogens with one attached hydrogen (secondary N) is 2. The predicted octanol–water partition coefficient (Wildman–Crippen LogP) is 0.802. The van der Waals surface area contributed by atoms with Crippen LogP contribution in [0, 0.1) is 0 Å². The Labute approximate surface area is 138 Å². The number of nitrogens with zero attached hydrogens (tertiary/aromatic N) is 1. The average molecular weight is 343 g/mol. The summed E-state index contributed by atoms with van der Waals surface area (Å²) in [5, 5.41) is 5.06. The first-order chi connectivity index (χ1) is 10.7. The standard InChI is InChI=1S/C14H19ClN4O4/c1-8(13(21)18-14(16)22)19(2)7-12(20)17-10-6-9(15)4-5-11(10)23-3/h4-6,8H,7H2,1-3H3,(H,17,20)(H3,16,18,21,22)/t8-/m1/s1. The van der Waals surface area contributed by atoms with Gasteiger partial charge in [-0.3, -0.25) is 19.8 Å². The maximum atomic E-state index is 12.1. The Morgan fingerprint density at radius 2 is 2.04 bits per heavy atom. The number of methoxy groups -OCH3 is 1. The van der Waals surface area contributed by atoms with E-state index in [1.54, 1.807) is 32.2 Å². The van der Waals surface area contributed by atoms with E-state index >= 15 is 0 Å². The van der Waals surface area contributed by atoms with Gasteiger partial charge in [0, 0.05) is 5.02 Å². The van der Waals surface area contributed by atoms with Gasteiger partial charge < -0.3 is 15.8 Å². The Morgan fingerprint density at radius 3 is 2.61 bits per heavy atom. The van der Waals surface area contributed by atoms with E-state index in [-0.39, 0.29) is 12.5 Å². The number of likely N-dealkylation sites (N-methyl/N-ethyl adjacent to an activating group) is 1. The van der Waals surface area contributed by atoms with Crippen LogP contribution in [0.15, 0.2) is 18.2 Å². The van der Waals surface area contributed by atoms with Gasteiger partial charge in [-0.1, -0.05) is 11.6 Å². The topological polar surface area (TPSA) is 114 Å². The van der Waals surface area contributed by atoms with Crippen molar-refractivity contribution in [2.45, 2.75) is 13.0 Å². The molecule has 1 aromatic carbocycles. The summed E-state index contributed by atoms with van der Waals surface area (Å²) in [6.07, 6.45) is 0. The molecule has 0 saturated heterocycles. The molecule has 0 bridgehead atoms. The van der Waals surface area contributed by atoms with Crippen LogP contribution in [0.4, 0.5) is 10.5 Å². The van der Waals surface area contributed by atoms with E-state index in [1.807, 2.05) is 5.32 Å². The SMILES string of the molecule is COc1ccc(Cl)cc1NC(=O)CN(C)[C@H](C)C(=O)NC(N)=O. The largest absolute Gasteiger partial charge is 0.495 e. The van der Waals surface area contributed by atoms with Gasteiger partial charge in [0.05, 0.1) is 25.4 Å². The Balaban J connectivity index is 2.67. The zero-order chi connectivity index (χ0) is 17.6. The third kappa shape index (κ3) is 5.76. The molecule has 0 unspecified atom stereocenters. The first kappa shape index (κ1) is 18.7. The predicted molar refractivity (Wildman–Crippen MR) is 86.5 cm³/mol. The second-order valence-corrected chi connectivity index (χ2v) is 5.27. The number of nitrogens with two attached hydrogens (primary N) is 1. The van der Waals surface area contributed by atoms with Crippen molar-refractivity contribution in [3.05, 3.63) is 23.2 Å². The van der Waals surface area contributed by atoms with Crippen molar-refractivity contribution < 1.29 is 19.1 Å². The maximum Gasteiger partial charge on any atom is 0.318 e. The van der Waals surface area contributed by atoms with E-state index in [0.29, 0.717) is 16.5 Å². The molecule has 0 aliphatic heterocycles. The van der Waals surface area contributed by atoms with Gasteiger partial charge in [-0.2, -0.15) is 0 Å². The second kappa shape index (κ2) is 8.35. The van der Waals surface area contributed by atoms with Crippen molar-refractivity contribution in [2.75, 3.05) is 26.0 Å². The van der Waals surface area contributed by atoms with Gasteiger partial charge in [0.25, 0.3) is 0 Å². The lowest BCUT2D eigenvalue weighted by atomic mass is 10.2. The van der Waals surface area contributed by atoms with Crippen LogP contribution >= 0.6 is 11.6 Å². The van der Waals surface area contributed by atoms with Gasteiger partial charge in [0.15, 0.2) is 0 Å². The van der Waals surface area contributed by atoms with Crippen LogP contribution in [0.1, 0.15) is 6.92 Å². The number of carbonyl (C=O) groups excluding carboxylic acids is 3. The number of carbonyl (C=O) groups is 3. The third-order valence-corrected chi connectivity index (χ3v) is 3.35. The molecular formula is C14H19ClN4O4. The zero-order valence-electron chi connectivity index (χ0n) is 13.1. The summed E-state index contributed by atoms with van der Waals surface area (Å²) in [6.45, 7) is 1.47. The summed E-state index contributed by atoms with van der Waals surface area (Å²) >= 11 is 5.89. The quantitative estimate of drug-likeness (QED) is 0.707. The number of rotatable bonds is 6. The number of anilines is 1. The van der Waals surface area contributed by atoms with E-state index in [9.17, 15) is 14.4 Å². The van der Waals surface area contributed by atoms with Gasteiger partial charge in [-0.05, 0) is 32.2 Å². The van der Waals surface area contributed by atoms with E-state index in [0.717, 1.165) is 0 Å². The normalized spacial score (nSPS) is 11.7. The molecule has 1 atom stereocenters. The highest BCUT2D eigenvalue weighted by molar-refractivity contribution is 6.31. The Morgan fingerprint density at radius 1 is 1.39 bits per heavy atom. The fourth-order valence-corrected chi connectivity index (χ4v) is 1.93. The number of hydrogen-bond donors (Lipinski definition) is 3. The van der Waals surface area contributed by atoms with Crippen LogP contribution in [-0.4, -0.2) is 49.5 Å². The highest BCUT2D eigenvalue weighted by atomic mass is 35.5. The second-order valence-electron chi connectivity index (χ2n) is 4.84. The van der Waals surface area contributed by atoms with E-state index in [1.165, 1.54) is 12.0 Å². The molecule has 0 aromatic heterocycles. The summed E-state index contributed by atoms with van der Waals surface area (Å²) in [6, 6.07) is 3.17. The molecule has 4 amide bonds. The van der Waals surface area contributed by atoms with Crippen LogP contribution in [0.2, 0.25) is 5.02 Å². The molecule has 0 heterocycles. The van der Waals surface area contributed by atoms with Crippen molar-refractivity contribution >= 4 is 35.1 Å². The Hall–Kier alpha value is -2.32. The molecule has 1 aromatic rings. The smallest absolute Gasteiger partial charge is 0.318 e.